The highest BCUT2D eigenvalue weighted by Crippen LogP contribution is 2.33. The molecule has 4 rings (SSSR count). The molecule has 2 aromatic heterocycles. The zero-order valence-corrected chi connectivity index (χ0v) is 15.1. The first-order valence-electron chi connectivity index (χ1n) is 8.23. The van der Waals surface area contributed by atoms with Crippen LogP contribution in [0.4, 0.5) is 5.69 Å². The van der Waals surface area contributed by atoms with E-state index in [1.807, 2.05) is 0 Å². The maximum absolute atomic E-state index is 12.7. The van der Waals surface area contributed by atoms with E-state index in [0.29, 0.717) is 15.6 Å². The first-order chi connectivity index (χ1) is 13.0. The Morgan fingerprint density at radius 2 is 1.89 bits per heavy atom. The van der Waals surface area contributed by atoms with E-state index < -0.39 is 5.97 Å². The van der Waals surface area contributed by atoms with Gasteiger partial charge in [0.15, 0.2) is 22.2 Å². The van der Waals surface area contributed by atoms with Gasteiger partial charge in [0.05, 0.1) is 12.0 Å². The number of ether oxygens (including phenoxy) is 1. The zero-order chi connectivity index (χ0) is 19.0. The number of imide groups is 1. The lowest BCUT2D eigenvalue weighted by Crippen LogP contribution is -2.29. The Labute approximate surface area is 158 Å². The van der Waals surface area contributed by atoms with Crippen LogP contribution in [0.3, 0.4) is 0 Å². The van der Waals surface area contributed by atoms with Crippen LogP contribution >= 0.6 is 11.3 Å². The van der Waals surface area contributed by atoms with Crippen molar-refractivity contribution in [3.05, 3.63) is 53.2 Å². The Hall–Kier alpha value is -3.26. The van der Waals surface area contributed by atoms with Crippen LogP contribution in [0.15, 0.2) is 47.1 Å². The molecule has 8 heteroatoms. The van der Waals surface area contributed by atoms with E-state index in [-0.39, 0.29) is 41.8 Å². The van der Waals surface area contributed by atoms with Crippen LogP contribution in [0.2, 0.25) is 0 Å². The Balaban J connectivity index is 1.63. The van der Waals surface area contributed by atoms with Gasteiger partial charge in [-0.2, -0.15) is 0 Å². The number of aryl methyl sites for hydroxylation is 1. The average molecular weight is 382 g/mol. The summed E-state index contributed by atoms with van der Waals surface area (Å²) in [5, 5.41) is 0.572. The van der Waals surface area contributed by atoms with Crippen molar-refractivity contribution >= 4 is 34.8 Å². The van der Waals surface area contributed by atoms with Crippen molar-refractivity contribution in [3.8, 4) is 16.5 Å². The van der Waals surface area contributed by atoms with Crippen LogP contribution in [0.1, 0.15) is 28.2 Å². The molecule has 0 atom stereocenters. The molecule has 0 radical (unpaired) electrons. The number of thiazole rings is 1. The van der Waals surface area contributed by atoms with Crippen molar-refractivity contribution < 1.29 is 23.5 Å². The van der Waals surface area contributed by atoms with Crippen molar-refractivity contribution in [2.45, 2.75) is 19.8 Å². The van der Waals surface area contributed by atoms with Crippen molar-refractivity contribution in [2.75, 3.05) is 4.90 Å². The lowest BCUT2D eigenvalue weighted by atomic mass is 10.2. The van der Waals surface area contributed by atoms with E-state index in [2.05, 4.69) is 4.98 Å². The minimum absolute atomic E-state index is 0.137. The highest BCUT2D eigenvalue weighted by molar-refractivity contribution is 7.15. The predicted molar refractivity (Wildman–Crippen MR) is 97.7 cm³/mol. The number of rotatable bonds is 4. The molecule has 0 spiro atoms. The number of hydrogen-bond acceptors (Lipinski definition) is 7. The lowest BCUT2D eigenvalue weighted by Gasteiger charge is -2.17. The first kappa shape index (κ1) is 17.2. The number of carbonyl (C=O) groups is 3. The monoisotopic (exact) mass is 382 g/mol. The second-order valence-corrected chi connectivity index (χ2v) is 7.08. The predicted octanol–water partition coefficient (Wildman–Crippen LogP) is 3.58. The number of para-hydroxylation sites is 2. The summed E-state index contributed by atoms with van der Waals surface area (Å²) in [5.74, 6) is -0.580. The van der Waals surface area contributed by atoms with Gasteiger partial charge in [0.1, 0.15) is 0 Å². The minimum Gasteiger partial charge on any atom is -0.462 e. The SMILES string of the molecule is Cc1sc(-c2ccco2)nc1C(=O)Oc1ccccc1N1C(=O)CCC1=O. The van der Waals surface area contributed by atoms with E-state index in [1.54, 1.807) is 43.3 Å². The Morgan fingerprint density at radius 3 is 2.59 bits per heavy atom. The summed E-state index contributed by atoms with van der Waals surface area (Å²) < 4.78 is 10.8. The van der Waals surface area contributed by atoms with E-state index in [4.69, 9.17) is 9.15 Å². The third-order valence-corrected chi connectivity index (χ3v) is 5.07. The van der Waals surface area contributed by atoms with Gasteiger partial charge in [0, 0.05) is 17.7 Å². The molecule has 2 amide bonds. The highest BCUT2D eigenvalue weighted by Gasteiger charge is 2.33. The molecule has 0 N–H and O–H groups in total. The Kier molecular flexibility index (Phi) is 4.33. The standard InChI is InChI=1S/C19H14N2O5S/c1-11-17(20-18(27-11)14-7-4-10-25-14)19(24)26-13-6-3-2-5-12(13)21-15(22)8-9-16(21)23/h2-7,10H,8-9H2,1H3. The number of hydrogen-bond donors (Lipinski definition) is 0. The fourth-order valence-corrected chi connectivity index (χ4v) is 3.68. The van der Waals surface area contributed by atoms with Crippen molar-refractivity contribution in [2.24, 2.45) is 0 Å². The molecule has 1 aliphatic heterocycles. The fourth-order valence-electron chi connectivity index (χ4n) is 2.81. The number of carbonyl (C=O) groups excluding carboxylic acids is 3. The molecular formula is C19H14N2O5S. The zero-order valence-electron chi connectivity index (χ0n) is 14.3. The molecule has 7 nitrogen and oxygen atoms in total. The van der Waals surface area contributed by atoms with Crippen LogP contribution in [0, 0.1) is 6.92 Å². The summed E-state index contributed by atoms with van der Waals surface area (Å²) in [7, 11) is 0. The molecule has 3 aromatic rings. The van der Waals surface area contributed by atoms with Crippen LogP contribution in [0.25, 0.3) is 10.8 Å². The summed E-state index contributed by atoms with van der Waals surface area (Å²) in [6, 6.07) is 9.96. The van der Waals surface area contributed by atoms with Crippen LogP contribution in [-0.4, -0.2) is 22.8 Å². The number of furan rings is 1. The normalized spacial score (nSPS) is 14.0. The van der Waals surface area contributed by atoms with Gasteiger partial charge in [-0.1, -0.05) is 12.1 Å². The van der Waals surface area contributed by atoms with Gasteiger partial charge in [0.2, 0.25) is 11.8 Å². The van der Waals surface area contributed by atoms with E-state index in [0.717, 1.165) is 4.90 Å². The molecule has 1 aromatic carbocycles. The van der Waals surface area contributed by atoms with Gasteiger partial charge >= 0.3 is 5.97 Å². The van der Waals surface area contributed by atoms with Gasteiger partial charge in [-0.15, -0.1) is 11.3 Å². The topological polar surface area (TPSA) is 89.7 Å². The van der Waals surface area contributed by atoms with Crippen molar-refractivity contribution in [3.63, 3.8) is 0 Å². The quantitative estimate of drug-likeness (QED) is 0.389. The average Bonchev–Trinajstić information content (AvgIpc) is 3.37. The number of anilines is 1. The van der Waals surface area contributed by atoms with Crippen LogP contribution in [0.5, 0.6) is 5.75 Å². The van der Waals surface area contributed by atoms with E-state index in [9.17, 15) is 14.4 Å². The second-order valence-electron chi connectivity index (χ2n) is 5.88. The van der Waals surface area contributed by atoms with Crippen molar-refractivity contribution in [1.29, 1.82) is 0 Å². The molecule has 136 valence electrons. The van der Waals surface area contributed by atoms with Crippen LogP contribution in [-0.2, 0) is 9.59 Å². The number of nitrogens with zero attached hydrogens (tertiary/aromatic N) is 2. The Morgan fingerprint density at radius 1 is 1.15 bits per heavy atom. The van der Waals surface area contributed by atoms with E-state index in [1.165, 1.54) is 17.6 Å². The van der Waals surface area contributed by atoms with E-state index >= 15 is 0 Å². The van der Waals surface area contributed by atoms with Gasteiger partial charge in [-0.05, 0) is 31.2 Å². The Bertz CT molecular complexity index is 1020. The first-order valence-corrected chi connectivity index (χ1v) is 9.04. The van der Waals surface area contributed by atoms with Crippen LogP contribution < -0.4 is 9.64 Å². The largest absolute Gasteiger partial charge is 0.462 e. The van der Waals surface area contributed by atoms with Gasteiger partial charge in [0.25, 0.3) is 0 Å². The summed E-state index contributed by atoms with van der Waals surface area (Å²) >= 11 is 1.32. The molecule has 0 aliphatic carbocycles. The highest BCUT2D eigenvalue weighted by atomic mass is 32.1. The summed E-state index contributed by atoms with van der Waals surface area (Å²) in [4.78, 5) is 42.7. The second kappa shape index (κ2) is 6.81. The summed E-state index contributed by atoms with van der Waals surface area (Å²) in [6.07, 6.45) is 1.84. The molecule has 1 saturated heterocycles. The fraction of sp³-hybridized carbons (Fsp3) is 0.158. The van der Waals surface area contributed by atoms with Crippen molar-refractivity contribution in [1.82, 2.24) is 4.98 Å². The summed E-state index contributed by atoms with van der Waals surface area (Å²) in [6.45, 7) is 1.76. The molecule has 0 saturated carbocycles. The van der Waals surface area contributed by atoms with Gasteiger partial charge < -0.3 is 9.15 Å². The molecule has 3 heterocycles. The number of esters is 1. The van der Waals surface area contributed by atoms with Gasteiger partial charge in [-0.25, -0.2) is 14.7 Å². The third-order valence-electron chi connectivity index (χ3n) is 4.08. The number of benzene rings is 1. The maximum Gasteiger partial charge on any atom is 0.363 e. The summed E-state index contributed by atoms with van der Waals surface area (Å²) in [5.41, 5.74) is 0.428. The maximum atomic E-state index is 12.7. The molecular weight excluding hydrogens is 368 g/mol. The molecule has 1 aliphatic rings. The molecule has 27 heavy (non-hydrogen) atoms. The minimum atomic E-state index is -0.659. The number of amides is 2. The molecule has 1 fully saturated rings. The smallest absolute Gasteiger partial charge is 0.363 e. The molecule has 0 bridgehead atoms. The lowest BCUT2D eigenvalue weighted by molar-refractivity contribution is -0.121. The number of aromatic nitrogens is 1. The third kappa shape index (κ3) is 3.15. The van der Waals surface area contributed by atoms with Gasteiger partial charge in [-0.3, -0.25) is 9.59 Å². The molecule has 0 unspecified atom stereocenters.